The van der Waals surface area contributed by atoms with E-state index >= 15 is 0 Å². The smallest absolute Gasteiger partial charge is 0.395 e. The molecule has 0 radical (unpaired) electrons. The number of aliphatic hydroxyl groups excluding tert-OH is 1. The maximum atomic E-state index is 12.4. The SMILES string of the molecule is NNc1cccnc1S(=O)(=O)N(CCO)CC(F)(F)F. The number of hydrazine groups is 1. The summed E-state index contributed by atoms with van der Waals surface area (Å²) in [5, 5.41) is 8.10. The van der Waals surface area contributed by atoms with Gasteiger partial charge in [0.1, 0.15) is 6.54 Å². The third-order valence-corrected chi connectivity index (χ3v) is 4.02. The van der Waals surface area contributed by atoms with Gasteiger partial charge in [0, 0.05) is 12.7 Å². The van der Waals surface area contributed by atoms with Crippen molar-refractivity contribution in [1.29, 1.82) is 0 Å². The Morgan fingerprint density at radius 3 is 2.60 bits per heavy atom. The van der Waals surface area contributed by atoms with Gasteiger partial charge in [-0.15, -0.1) is 0 Å². The molecule has 0 saturated carbocycles. The Balaban J connectivity index is 3.22. The number of nitrogen functional groups attached to an aromatic ring is 1. The number of aromatic nitrogens is 1. The summed E-state index contributed by atoms with van der Waals surface area (Å²) in [7, 11) is -4.54. The molecular weight excluding hydrogens is 301 g/mol. The molecule has 1 aromatic heterocycles. The molecule has 0 aromatic carbocycles. The summed E-state index contributed by atoms with van der Waals surface area (Å²) in [4.78, 5) is 3.53. The molecule has 1 aromatic rings. The van der Waals surface area contributed by atoms with Crippen molar-refractivity contribution in [2.75, 3.05) is 25.1 Å². The number of pyridine rings is 1. The van der Waals surface area contributed by atoms with Crippen LogP contribution in [0.1, 0.15) is 0 Å². The summed E-state index contributed by atoms with van der Waals surface area (Å²) in [6.45, 7) is -3.19. The normalized spacial score (nSPS) is 12.7. The zero-order valence-electron chi connectivity index (χ0n) is 10.1. The van der Waals surface area contributed by atoms with E-state index in [1.165, 1.54) is 12.1 Å². The lowest BCUT2D eigenvalue weighted by Gasteiger charge is -2.22. The molecule has 20 heavy (non-hydrogen) atoms. The quantitative estimate of drug-likeness (QED) is 0.500. The van der Waals surface area contributed by atoms with Gasteiger partial charge in [0.05, 0.1) is 12.3 Å². The molecular formula is C9H13F3N4O3S. The number of hydrogen-bond acceptors (Lipinski definition) is 6. The van der Waals surface area contributed by atoms with Crippen molar-refractivity contribution in [3.63, 3.8) is 0 Å². The maximum absolute atomic E-state index is 12.4. The van der Waals surface area contributed by atoms with E-state index in [0.29, 0.717) is 0 Å². The van der Waals surface area contributed by atoms with Crippen LogP contribution in [0.5, 0.6) is 0 Å². The Kier molecular flexibility index (Phi) is 5.28. The van der Waals surface area contributed by atoms with Crippen LogP contribution in [0.4, 0.5) is 18.9 Å². The average molecular weight is 314 g/mol. The first-order valence-corrected chi connectivity index (χ1v) is 6.76. The lowest BCUT2D eigenvalue weighted by molar-refractivity contribution is -0.136. The molecule has 0 unspecified atom stereocenters. The molecule has 0 amide bonds. The number of nitrogens with one attached hydrogen (secondary N) is 1. The largest absolute Gasteiger partial charge is 0.402 e. The zero-order chi connectivity index (χ0) is 15.4. The van der Waals surface area contributed by atoms with Gasteiger partial charge in [0.2, 0.25) is 0 Å². The van der Waals surface area contributed by atoms with E-state index in [-0.39, 0.29) is 9.99 Å². The minimum atomic E-state index is -4.74. The van der Waals surface area contributed by atoms with Gasteiger partial charge in [-0.3, -0.25) is 5.84 Å². The molecule has 7 nitrogen and oxygen atoms in total. The summed E-state index contributed by atoms with van der Waals surface area (Å²) in [5.74, 6) is 5.10. The second-order valence-electron chi connectivity index (χ2n) is 3.68. The van der Waals surface area contributed by atoms with E-state index in [4.69, 9.17) is 10.9 Å². The molecule has 0 bridgehead atoms. The van der Waals surface area contributed by atoms with E-state index < -0.39 is 40.9 Å². The Labute approximate surface area is 113 Å². The number of rotatable bonds is 6. The summed E-state index contributed by atoms with van der Waals surface area (Å²) in [6, 6.07) is 2.62. The van der Waals surface area contributed by atoms with Crippen molar-refractivity contribution in [2.45, 2.75) is 11.2 Å². The van der Waals surface area contributed by atoms with E-state index in [1.54, 1.807) is 0 Å². The number of nitrogens with zero attached hydrogens (tertiary/aromatic N) is 2. The van der Waals surface area contributed by atoms with Crippen molar-refractivity contribution in [3.05, 3.63) is 18.3 Å². The first-order valence-electron chi connectivity index (χ1n) is 5.32. The topological polar surface area (TPSA) is 109 Å². The van der Waals surface area contributed by atoms with Gasteiger partial charge in [-0.1, -0.05) is 0 Å². The molecule has 11 heteroatoms. The molecule has 0 fully saturated rings. The molecule has 1 heterocycles. The standard InChI is InChI=1S/C9H13F3N4O3S/c10-9(11,12)6-16(4-5-17)20(18,19)8-7(15-13)2-1-3-14-8/h1-3,15,17H,4-6,13H2. The number of halogens is 3. The van der Waals surface area contributed by atoms with Crippen LogP contribution < -0.4 is 11.3 Å². The highest BCUT2D eigenvalue weighted by atomic mass is 32.2. The van der Waals surface area contributed by atoms with E-state index in [1.807, 2.05) is 5.43 Å². The van der Waals surface area contributed by atoms with Crippen LogP contribution in [0, 0.1) is 0 Å². The Morgan fingerprint density at radius 2 is 2.10 bits per heavy atom. The van der Waals surface area contributed by atoms with Gasteiger partial charge in [-0.05, 0) is 12.1 Å². The van der Waals surface area contributed by atoms with Gasteiger partial charge in [0.25, 0.3) is 10.0 Å². The fourth-order valence-corrected chi connectivity index (χ4v) is 2.91. The van der Waals surface area contributed by atoms with E-state index in [2.05, 4.69) is 4.98 Å². The number of hydrogen-bond donors (Lipinski definition) is 3. The molecule has 0 aliphatic heterocycles. The van der Waals surface area contributed by atoms with Crippen molar-refractivity contribution < 1.29 is 26.7 Å². The van der Waals surface area contributed by atoms with E-state index in [9.17, 15) is 21.6 Å². The van der Waals surface area contributed by atoms with Crippen molar-refractivity contribution in [3.8, 4) is 0 Å². The number of sulfonamides is 1. The Morgan fingerprint density at radius 1 is 1.45 bits per heavy atom. The molecule has 0 aliphatic rings. The summed E-state index contributed by atoms with van der Waals surface area (Å²) in [5.41, 5.74) is 1.91. The van der Waals surface area contributed by atoms with Crippen molar-refractivity contribution >= 4 is 15.7 Å². The highest BCUT2D eigenvalue weighted by Crippen LogP contribution is 2.25. The summed E-state index contributed by atoms with van der Waals surface area (Å²) >= 11 is 0. The van der Waals surface area contributed by atoms with Crippen LogP contribution in [0.2, 0.25) is 0 Å². The van der Waals surface area contributed by atoms with Gasteiger partial charge in [-0.2, -0.15) is 17.5 Å². The Hall–Kier alpha value is -1.43. The van der Waals surface area contributed by atoms with Gasteiger partial charge in [-0.25, -0.2) is 13.4 Å². The molecule has 4 N–H and O–H groups in total. The third kappa shape index (κ3) is 4.03. The zero-order valence-corrected chi connectivity index (χ0v) is 10.9. The molecule has 114 valence electrons. The third-order valence-electron chi connectivity index (χ3n) is 2.22. The first-order chi connectivity index (χ1) is 9.22. The summed E-state index contributed by atoms with van der Waals surface area (Å²) in [6.07, 6.45) is -3.63. The lowest BCUT2D eigenvalue weighted by atomic mass is 10.4. The number of nitrogens with two attached hydrogens (primary N) is 1. The predicted molar refractivity (Wildman–Crippen MR) is 63.9 cm³/mol. The van der Waals surface area contributed by atoms with Crippen LogP contribution in [-0.2, 0) is 10.0 Å². The van der Waals surface area contributed by atoms with Crippen LogP contribution in [0.15, 0.2) is 23.4 Å². The van der Waals surface area contributed by atoms with E-state index in [0.717, 1.165) is 6.20 Å². The average Bonchev–Trinajstić information content (AvgIpc) is 2.36. The minimum absolute atomic E-state index is 0.0934. The van der Waals surface area contributed by atoms with Gasteiger partial charge >= 0.3 is 6.18 Å². The summed E-state index contributed by atoms with van der Waals surface area (Å²) < 4.78 is 61.6. The van der Waals surface area contributed by atoms with Crippen LogP contribution in [0.3, 0.4) is 0 Å². The molecule has 0 aliphatic carbocycles. The lowest BCUT2D eigenvalue weighted by Crippen LogP contribution is -2.41. The molecule has 1 rings (SSSR count). The highest BCUT2D eigenvalue weighted by Gasteiger charge is 2.38. The number of aliphatic hydroxyl groups is 1. The van der Waals surface area contributed by atoms with Crippen molar-refractivity contribution in [2.24, 2.45) is 5.84 Å². The van der Waals surface area contributed by atoms with Crippen molar-refractivity contribution in [1.82, 2.24) is 9.29 Å². The Bertz CT molecular complexity index is 550. The van der Waals surface area contributed by atoms with Gasteiger partial charge < -0.3 is 10.5 Å². The van der Waals surface area contributed by atoms with Crippen LogP contribution >= 0.6 is 0 Å². The monoisotopic (exact) mass is 314 g/mol. The number of anilines is 1. The van der Waals surface area contributed by atoms with Crippen LogP contribution in [-0.4, -0.2) is 48.7 Å². The van der Waals surface area contributed by atoms with Crippen LogP contribution in [0.25, 0.3) is 0 Å². The highest BCUT2D eigenvalue weighted by molar-refractivity contribution is 7.89. The maximum Gasteiger partial charge on any atom is 0.402 e. The number of alkyl halides is 3. The predicted octanol–water partition coefficient (Wildman–Crippen LogP) is -0.0875. The second-order valence-corrected chi connectivity index (χ2v) is 5.53. The fourth-order valence-electron chi connectivity index (χ4n) is 1.42. The molecule has 0 saturated heterocycles. The minimum Gasteiger partial charge on any atom is -0.395 e. The van der Waals surface area contributed by atoms with Gasteiger partial charge in [0.15, 0.2) is 5.03 Å². The first kappa shape index (κ1) is 16.6. The fraction of sp³-hybridized carbons (Fsp3) is 0.444. The molecule has 0 spiro atoms. The second kappa shape index (κ2) is 6.35. The molecule has 0 atom stereocenters.